The van der Waals surface area contributed by atoms with Crippen molar-refractivity contribution in [3.8, 4) is 0 Å². The third-order valence-electron chi connectivity index (χ3n) is 5.03. The van der Waals surface area contributed by atoms with Crippen LogP contribution in [0.15, 0.2) is 50.7 Å². The number of carboxylic acids is 1. The lowest BCUT2D eigenvalue weighted by Crippen LogP contribution is -2.70. The van der Waals surface area contributed by atoms with Gasteiger partial charge in [0.2, 0.25) is 11.8 Å². The molecule has 9 nitrogen and oxygen atoms in total. The van der Waals surface area contributed by atoms with Gasteiger partial charge in [0.1, 0.15) is 17.1 Å². The first-order valence-corrected chi connectivity index (χ1v) is 12.7. The van der Waals surface area contributed by atoms with Crippen molar-refractivity contribution in [2.24, 2.45) is 5.73 Å². The fourth-order valence-corrected chi connectivity index (χ4v) is 6.99. The van der Waals surface area contributed by atoms with Gasteiger partial charge in [-0.1, -0.05) is 42.1 Å². The monoisotopic (exact) mass is 504 g/mol. The maximum Gasteiger partial charge on any atom is 0.353 e. The quantitative estimate of drug-likeness (QED) is 0.437. The van der Waals surface area contributed by atoms with Gasteiger partial charge in [0, 0.05) is 22.5 Å². The van der Waals surface area contributed by atoms with Gasteiger partial charge in [-0.15, -0.1) is 23.1 Å². The molecule has 2 aliphatic heterocycles. The lowest BCUT2D eigenvalue weighted by molar-refractivity contribution is -0.150. The van der Waals surface area contributed by atoms with Crippen LogP contribution >= 0.6 is 34.9 Å². The van der Waals surface area contributed by atoms with Crippen molar-refractivity contribution in [1.82, 2.24) is 15.2 Å². The summed E-state index contributed by atoms with van der Waals surface area (Å²) in [5.41, 5.74) is 6.64. The standard InChI is InChI=1S/C21H20N4O5S3/c22-14(26)7-6-12-9-32-21(23-12)33-13-10-31-19-16(18(28)25(19)17(13)20(29)30)24-15(27)8-11-4-2-1-3-5-11/h1-5,9,16,19H,6-8,10H2,(H2,22,26)(H,24,27)(H,29,30)/t16-,19+/m1/s1. The minimum absolute atomic E-state index is 0.0730. The highest BCUT2D eigenvalue weighted by molar-refractivity contribution is 8.07. The Bertz CT molecular complexity index is 1130. The summed E-state index contributed by atoms with van der Waals surface area (Å²) in [5, 5.41) is 13.9. The summed E-state index contributed by atoms with van der Waals surface area (Å²) < 4.78 is 0.628. The molecule has 12 heteroatoms. The Morgan fingerprint density at radius 2 is 2.03 bits per heavy atom. The van der Waals surface area contributed by atoms with E-state index < -0.39 is 29.2 Å². The van der Waals surface area contributed by atoms with Gasteiger partial charge in [0.25, 0.3) is 5.91 Å². The number of benzene rings is 1. The first-order valence-electron chi connectivity index (χ1n) is 9.98. The Morgan fingerprint density at radius 1 is 1.27 bits per heavy atom. The molecule has 0 spiro atoms. The van der Waals surface area contributed by atoms with Gasteiger partial charge in [0.05, 0.1) is 12.1 Å². The number of nitrogens with two attached hydrogens (primary N) is 1. The number of primary amides is 1. The molecule has 3 heterocycles. The van der Waals surface area contributed by atoms with Gasteiger partial charge in [-0.05, 0) is 12.0 Å². The molecule has 2 aromatic rings. The lowest BCUT2D eigenvalue weighted by atomic mass is 10.0. The van der Waals surface area contributed by atoms with Gasteiger partial charge in [0.15, 0.2) is 4.34 Å². The number of carbonyl (C=O) groups excluding carboxylic acids is 3. The molecule has 1 aromatic carbocycles. The summed E-state index contributed by atoms with van der Waals surface area (Å²) in [7, 11) is 0. The third-order valence-corrected chi connectivity index (χ3v) is 8.56. The summed E-state index contributed by atoms with van der Waals surface area (Å²) in [6.45, 7) is 0. The van der Waals surface area contributed by atoms with Crippen LogP contribution < -0.4 is 11.1 Å². The van der Waals surface area contributed by atoms with Crippen molar-refractivity contribution in [1.29, 1.82) is 0 Å². The van der Waals surface area contributed by atoms with Crippen molar-refractivity contribution in [2.75, 3.05) is 5.75 Å². The Balaban J connectivity index is 1.44. The Kier molecular flexibility index (Phi) is 7.05. The number of thiazole rings is 1. The molecule has 4 N–H and O–H groups in total. The van der Waals surface area contributed by atoms with Gasteiger partial charge in [-0.3, -0.25) is 19.3 Å². The fourth-order valence-electron chi connectivity index (χ4n) is 3.48. The summed E-state index contributed by atoms with van der Waals surface area (Å²) in [6.07, 6.45) is 0.754. The van der Waals surface area contributed by atoms with Crippen molar-refractivity contribution >= 4 is 58.6 Å². The molecule has 1 fully saturated rings. The highest BCUT2D eigenvalue weighted by Crippen LogP contribution is 2.45. The van der Waals surface area contributed by atoms with Crippen LogP contribution in [0.5, 0.6) is 0 Å². The maximum absolute atomic E-state index is 12.8. The van der Waals surface area contributed by atoms with Gasteiger partial charge < -0.3 is 16.2 Å². The summed E-state index contributed by atoms with van der Waals surface area (Å²) in [6, 6.07) is 8.43. The Morgan fingerprint density at radius 3 is 2.73 bits per heavy atom. The van der Waals surface area contributed by atoms with Crippen LogP contribution in [-0.2, 0) is 32.0 Å². The van der Waals surface area contributed by atoms with Crippen LogP contribution in [0.4, 0.5) is 0 Å². The molecule has 0 saturated carbocycles. The van der Waals surface area contributed by atoms with E-state index in [1.807, 2.05) is 30.3 Å². The number of aryl methyl sites for hydroxylation is 1. The third kappa shape index (κ3) is 5.23. The zero-order chi connectivity index (χ0) is 23.5. The predicted octanol–water partition coefficient (Wildman–Crippen LogP) is 1.59. The minimum Gasteiger partial charge on any atom is -0.477 e. The summed E-state index contributed by atoms with van der Waals surface area (Å²) >= 11 is 3.95. The van der Waals surface area contributed by atoms with E-state index >= 15 is 0 Å². The SMILES string of the molecule is NC(=O)CCc1csc(SC2=C(C(=O)O)N3C(=O)[C@@H](NC(=O)Cc4ccccc4)[C@@H]3SC2)n1. The van der Waals surface area contributed by atoms with E-state index in [2.05, 4.69) is 10.3 Å². The van der Waals surface area contributed by atoms with E-state index in [-0.39, 0.29) is 24.4 Å². The van der Waals surface area contributed by atoms with Crippen molar-refractivity contribution < 1.29 is 24.3 Å². The number of aliphatic carboxylic acids is 1. The number of nitrogens with one attached hydrogen (secondary N) is 1. The van der Waals surface area contributed by atoms with Crippen LogP contribution in [0.3, 0.4) is 0 Å². The normalized spacial score (nSPS) is 19.6. The minimum atomic E-state index is -1.20. The molecule has 0 aliphatic carbocycles. The van der Waals surface area contributed by atoms with E-state index in [4.69, 9.17) is 5.73 Å². The Hall–Kier alpha value is -2.83. The average molecular weight is 505 g/mol. The molecule has 4 rings (SSSR count). The van der Waals surface area contributed by atoms with E-state index in [1.165, 1.54) is 39.8 Å². The van der Waals surface area contributed by atoms with E-state index in [0.29, 0.717) is 27.1 Å². The number of carbonyl (C=O) groups is 4. The first-order chi connectivity index (χ1) is 15.8. The maximum atomic E-state index is 12.8. The van der Waals surface area contributed by atoms with Gasteiger partial charge in [-0.2, -0.15) is 0 Å². The molecule has 0 unspecified atom stereocenters. The number of β-lactam (4-membered cyclic amide) rings is 1. The molecule has 2 aliphatic rings. The molecular weight excluding hydrogens is 484 g/mol. The number of aromatic nitrogens is 1. The molecular formula is C21H20N4O5S3. The average Bonchev–Trinajstić information content (AvgIpc) is 3.23. The molecule has 2 atom stereocenters. The van der Waals surface area contributed by atoms with Crippen LogP contribution in [0.25, 0.3) is 0 Å². The molecule has 33 heavy (non-hydrogen) atoms. The number of rotatable bonds is 9. The molecule has 1 aromatic heterocycles. The highest BCUT2D eigenvalue weighted by atomic mass is 32.2. The van der Waals surface area contributed by atoms with E-state index in [0.717, 1.165) is 5.56 Å². The second kappa shape index (κ2) is 9.98. The largest absolute Gasteiger partial charge is 0.477 e. The topological polar surface area (TPSA) is 143 Å². The van der Waals surface area contributed by atoms with Gasteiger partial charge in [-0.25, -0.2) is 9.78 Å². The highest BCUT2D eigenvalue weighted by Gasteiger charge is 2.54. The number of fused-ring (bicyclic) bond motifs is 1. The molecule has 0 radical (unpaired) electrons. The summed E-state index contributed by atoms with van der Waals surface area (Å²) in [4.78, 5) is 54.3. The van der Waals surface area contributed by atoms with Crippen molar-refractivity contribution in [2.45, 2.75) is 35.0 Å². The van der Waals surface area contributed by atoms with E-state index in [1.54, 1.807) is 5.38 Å². The first kappa shape index (κ1) is 23.3. The van der Waals surface area contributed by atoms with Crippen molar-refractivity contribution in [3.63, 3.8) is 0 Å². The van der Waals surface area contributed by atoms with Gasteiger partial charge >= 0.3 is 5.97 Å². The molecule has 1 saturated heterocycles. The number of amides is 3. The number of hydrogen-bond donors (Lipinski definition) is 3. The number of thioether (sulfide) groups is 2. The lowest BCUT2D eigenvalue weighted by Gasteiger charge is -2.49. The smallest absolute Gasteiger partial charge is 0.353 e. The Labute approximate surface area is 201 Å². The second-order valence-corrected chi connectivity index (χ2v) is 10.7. The number of carboxylic acid groups (broad SMARTS) is 1. The summed E-state index contributed by atoms with van der Waals surface area (Å²) in [5.74, 6) is -1.96. The second-order valence-electron chi connectivity index (χ2n) is 7.37. The van der Waals surface area contributed by atoms with Crippen LogP contribution in [0, 0.1) is 0 Å². The fraction of sp³-hybridized carbons (Fsp3) is 0.286. The zero-order valence-electron chi connectivity index (χ0n) is 17.2. The number of nitrogens with zero attached hydrogens (tertiary/aromatic N) is 2. The molecule has 3 amide bonds. The number of hydrogen-bond acceptors (Lipinski definition) is 8. The van der Waals surface area contributed by atoms with Crippen LogP contribution in [-0.4, -0.2) is 55.8 Å². The van der Waals surface area contributed by atoms with E-state index in [9.17, 15) is 24.3 Å². The van der Waals surface area contributed by atoms with Crippen LogP contribution in [0.2, 0.25) is 0 Å². The zero-order valence-corrected chi connectivity index (χ0v) is 19.7. The van der Waals surface area contributed by atoms with Crippen molar-refractivity contribution in [3.05, 3.63) is 57.6 Å². The molecule has 0 bridgehead atoms. The molecule has 172 valence electrons. The van der Waals surface area contributed by atoms with Crippen LogP contribution in [0.1, 0.15) is 17.7 Å². The predicted molar refractivity (Wildman–Crippen MR) is 125 cm³/mol.